The Morgan fingerprint density at radius 1 is 0.731 bits per heavy atom. The highest BCUT2D eigenvalue weighted by atomic mass is 16.2. The number of hydrogen-bond acceptors (Lipinski definition) is 10. The van der Waals surface area contributed by atoms with Gasteiger partial charge in [-0.1, -0.05) is 37.1 Å². The number of primary amides is 2. The van der Waals surface area contributed by atoms with Gasteiger partial charge in [0.15, 0.2) is 0 Å². The first-order chi connectivity index (χ1) is 24.8. The molecule has 0 spiro atoms. The van der Waals surface area contributed by atoms with Crippen LogP contribution in [0.3, 0.4) is 0 Å². The van der Waals surface area contributed by atoms with Gasteiger partial charge in [0.05, 0.1) is 21.8 Å². The number of amides is 6. The van der Waals surface area contributed by atoms with Crippen molar-refractivity contribution in [2.75, 3.05) is 0 Å². The molecule has 6 amide bonds. The molecule has 0 aliphatic carbocycles. The van der Waals surface area contributed by atoms with E-state index in [-0.39, 0.29) is 83.1 Å². The zero-order chi connectivity index (χ0) is 37.5. The van der Waals surface area contributed by atoms with Gasteiger partial charge in [-0.15, -0.1) is 0 Å². The van der Waals surface area contributed by atoms with Crippen molar-refractivity contribution >= 4 is 57.2 Å². The minimum absolute atomic E-state index is 0.0413. The van der Waals surface area contributed by atoms with E-state index >= 15 is 0 Å². The molecule has 2 aliphatic rings. The summed E-state index contributed by atoms with van der Waals surface area (Å²) in [7, 11) is 0. The SMILES string of the molecule is Cc1nc2c(C(CCCCCC(N)=O)(C(N)=O)c3cccc4c(=O)n(C5CCC(=O)NC5=O)c(C)nc34)cccc2c(=O)n1C1CCC(=O)NC1=O. The van der Waals surface area contributed by atoms with Crippen LogP contribution in [0.25, 0.3) is 21.8 Å². The molecule has 2 fully saturated rings. The van der Waals surface area contributed by atoms with Gasteiger partial charge in [0, 0.05) is 19.3 Å². The maximum Gasteiger partial charge on any atom is 0.262 e. The average molecular weight is 711 g/mol. The number of aryl methyl sites for hydroxylation is 2. The molecule has 6 N–H and O–H groups in total. The lowest BCUT2D eigenvalue weighted by Crippen LogP contribution is -2.46. The predicted octanol–water partition coefficient (Wildman–Crippen LogP) is 0.886. The highest BCUT2D eigenvalue weighted by molar-refractivity contribution is 6.02. The molecular formula is C36H38N8O8. The van der Waals surface area contributed by atoms with E-state index in [1.165, 1.54) is 21.3 Å². The number of carbonyl (C=O) groups excluding carboxylic acids is 6. The maximum atomic E-state index is 14.2. The number of aromatic nitrogens is 4. The summed E-state index contributed by atoms with van der Waals surface area (Å²) in [5.74, 6) is -3.08. The topological polar surface area (TPSA) is 248 Å². The maximum absolute atomic E-state index is 14.2. The third-order valence-corrected chi connectivity index (χ3v) is 10.1. The molecule has 0 saturated carbocycles. The number of rotatable bonds is 11. The predicted molar refractivity (Wildman–Crippen MR) is 187 cm³/mol. The largest absolute Gasteiger partial charge is 0.370 e. The molecule has 2 atom stereocenters. The van der Waals surface area contributed by atoms with Crippen molar-refractivity contribution in [3.05, 3.63) is 79.9 Å². The van der Waals surface area contributed by atoms with Crippen molar-refractivity contribution in [3.63, 3.8) is 0 Å². The second-order valence-corrected chi connectivity index (χ2v) is 13.3. The molecule has 4 heterocycles. The van der Waals surface area contributed by atoms with E-state index in [1.54, 1.807) is 38.1 Å². The Bertz CT molecular complexity index is 2190. The first-order valence-electron chi connectivity index (χ1n) is 17.1. The van der Waals surface area contributed by atoms with E-state index < -0.39 is 64.1 Å². The molecule has 16 nitrogen and oxygen atoms in total. The summed E-state index contributed by atoms with van der Waals surface area (Å²) in [6.07, 6.45) is 1.77. The van der Waals surface area contributed by atoms with Gasteiger partial charge in [-0.3, -0.25) is 58.1 Å². The number of nitrogens with two attached hydrogens (primary N) is 2. The van der Waals surface area contributed by atoms with Gasteiger partial charge in [-0.25, -0.2) is 9.97 Å². The smallest absolute Gasteiger partial charge is 0.262 e. The molecule has 270 valence electrons. The Labute approximate surface area is 296 Å². The van der Waals surface area contributed by atoms with Crippen molar-refractivity contribution < 1.29 is 28.8 Å². The summed E-state index contributed by atoms with van der Waals surface area (Å²) in [6.45, 7) is 3.11. The van der Waals surface area contributed by atoms with Gasteiger partial charge < -0.3 is 11.5 Å². The normalized spacial score (nSPS) is 19.0. The Morgan fingerprint density at radius 3 is 1.60 bits per heavy atom. The number of para-hydroxylation sites is 2. The van der Waals surface area contributed by atoms with Crippen LogP contribution in [0.1, 0.15) is 92.6 Å². The zero-order valence-corrected chi connectivity index (χ0v) is 28.7. The van der Waals surface area contributed by atoms with Crippen LogP contribution in [0.5, 0.6) is 0 Å². The monoisotopic (exact) mass is 710 g/mol. The lowest BCUT2D eigenvalue weighted by atomic mass is 9.69. The van der Waals surface area contributed by atoms with Gasteiger partial charge in [0.25, 0.3) is 11.1 Å². The Hall–Kier alpha value is -6.06. The molecule has 0 bridgehead atoms. The number of nitrogens with one attached hydrogen (secondary N) is 2. The van der Waals surface area contributed by atoms with Crippen LogP contribution in [-0.4, -0.2) is 54.5 Å². The number of hydrogen-bond donors (Lipinski definition) is 4. The van der Waals surface area contributed by atoms with Crippen molar-refractivity contribution in [2.24, 2.45) is 11.5 Å². The number of fused-ring (bicyclic) bond motifs is 2. The highest BCUT2D eigenvalue weighted by Crippen LogP contribution is 2.42. The van der Waals surface area contributed by atoms with E-state index in [4.69, 9.17) is 21.4 Å². The summed E-state index contributed by atoms with van der Waals surface area (Å²) in [6, 6.07) is 7.52. The van der Waals surface area contributed by atoms with Gasteiger partial charge >= 0.3 is 0 Å². The van der Waals surface area contributed by atoms with E-state index in [0.717, 1.165) is 0 Å². The van der Waals surface area contributed by atoms with Crippen molar-refractivity contribution in [3.8, 4) is 0 Å². The van der Waals surface area contributed by atoms with Crippen LogP contribution in [0.2, 0.25) is 0 Å². The van der Waals surface area contributed by atoms with Crippen LogP contribution in [0, 0.1) is 13.8 Å². The van der Waals surface area contributed by atoms with Crippen LogP contribution in [0.4, 0.5) is 0 Å². The van der Waals surface area contributed by atoms with Gasteiger partial charge in [0.1, 0.15) is 29.1 Å². The Balaban J connectivity index is 1.59. The quantitative estimate of drug-likeness (QED) is 0.126. The summed E-state index contributed by atoms with van der Waals surface area (Å²) < 4.78 is 2.48. The molecule has 2 aromatic heterocycles. The van der Waals surface area contributed by atoms with Crippen LogP contribution in [0.15, 0.2) is 46.0 Å². The molecule has 16 heteroatoms. The lowest BCUT2D eigenvalue weighted by Gasteiger charge is -2.34. The van der Waals surface area contributed by atoms with E-state index in [1.807, 2.05) is 0 Å². The molecule has 6 rings (SSSR count). The van der Waals surface area contributed by atoms with E-state index in [9.17, 15) is 38.4 Å². The lowest BCUT2D eigenvalue weighted by molar-refractivity contribution is -0.137. The van der Waals surface area contributed by atoms with Crippen molar-refractivity contribution in [2.45, 2.75) is 89.1 Å². The van der Waals surface area contributed by atoms with Crippen LogP contribution in [-0.2, 0) is 34.2 Å². The fourth-order valence-electron chi connectivity index (χ4n) is 7.61. The van der Waals surface area contributed by atoms with E-state index in [0.29, 0.717) is 19.3 Å². The van der Waals surface area contributed by atoms with Crippen LogP contribution >= 0.6 is 0 Å². The Morgan fingerprint density at radius 2 is 1.19 bits per heavy atom. The Kier molecular flexibility index (Phi) is 9.57. The summed E-state index contributed by atoms with van der Waals surface area (Å²) in [5.41, 5.74) is 9.73. The second kappa shape index (κ2) is 13.9. The third kappa shape index (κ3) is 6.13. The van der Waals surface area contributed by atoms with Gasteiger partial charge in [-0.2, -0.15) is 0 Å². The highest BCUT2D eigenvalue weighted by Gasteiger charge is 2.44. The number of piperidine rings is 2. The molecule has 2 aliphatic heterocycles. The standard InChI is InChI=1S/C36H38N8O8/c1-18-39-29-20(33(50)43(18)24-13-15-27(46)41-31(24)48)8-6-10-22(29)36(35(38)52,17-5-3-4-12-26(37)45)23-11-7-9-21-30(23)40-19(2)44(34(21)51)25-14-16-28(47)42-32(25)49/h6-11,24-25H,3-5,12-17H2,1-2H3,(H2,37,45)(H2,38,52)(H,41,46,48)(H,42,47,49). The fraction of sp³-hybridized carbons (Fsp3) is 0.389. The second-order valence-electron chi connectivity index (χ2n) is 13.3. The summed E-state index contributed by atoms with van der Waals surface area (Å²) >= 11 is 0. The molecular weight excluding hydrogens is 672 g/mol. The van der Waals surface area contributed by atoms with Gasteiger partial charge in [0.2, 0.25) is 35.4 Å². The zero-order valence-electron chi connectivity index (χ0n) is 28.7. The number of imide groups is 2. The van der Waals surface area contributed by atoms with E-state index in [2.05, 4.69) is 10.6 Å². The van der Waals surface area contributed by atoms with Gasteiger partial charge in [-0.05, 0) is 62.8 Å². The minimum Gasteiger partial charge on any atom is -0.370 e. The minimum atomic E-state index is -1.73. The number of unbranched alkanes of at least 4 members (excludes halogenated alkanes) is 2. The summed E-state index contributed by atoms with van der Waals surface area (Å²) in [5, 5.41) is 4.73. The molecule has 52 heavy (non-hydrogen) atoms. The summed E-state index contributed by atoms with van der Waals surface area (Å²) in [4.78, 5) is 113. The fourth-order valence-corrected chi connectivity index (χ4v) is 7.61. The van der Waals surface area contributed by atoms with Crippen molar-refractivity contribution in [1.82, 2.24) is 29.7 Å². The first-order valence-corrected chi connectivity index (χ1v) is 17.1. The molecule has 2 aromatic carbocycles. The molecule has 0 radical (unpaired) electrons. The first kappa shape index (κ1) is 35.8. The molecule has 2 unspecified atom stereocenters. The average Bonchev–Trinajstić information content (AvgIpc) is 3.08. The van der Waals surface area contributed by atoms with Crippen molar-refractivity contribution in [1.29, 1.82) is 0 Å². The number of carbonyl (C=O) groups is 6. The number of benzene rings is 2. The van der Waals surface area contributed by atoms with Crippen LogP contribution < -0.4 is 33.2 Å². The number of nitrogens with zero attached hydrogens (tertiary/aromatic N) is 4. The molecule has 2 saturated heterocycles. The third-order valence-electron chi connectivity index (χ3n) is 10.1. The molecule has 4 aromatic rings.